The molecule has 1 N–H and O–H groups in total. The Morgan fingerprint density at radius 3 is 2.67 bits per heavy atom. The van der Waals surface area contributed by atoms with Gasteiger partial charge in [-0.25, -0.2) is 4.39 Å². The number of rotatable bonds is 4. The molecule has 2 aromatic carbocycles. The highest BCUT2D eigenvalue weighted by atomic mass is 19.1. The van der Waals surface area contributed by atoms with Crippen LogP contribution in [-0.4, -0.2) is 15.7 Å². The van der Waals surface area contributed by atoms with Crippen molar-refractivity contribution in [1.29, 1.82) is 0 Å². The number of halogens is 1. The SMILES string of the molecule is Cc1cccc(C(=O)Nc2cc(C)n(Cc3ccccc3F)n2)c1. The molecule has 3 aromatic rings. The molecular formula is C19H18FN3O. The average Bonchev–Trinajstić information content (AvgIpc) is 2.89. The number of carbonyl (C=O) groups excluding carboxylic acids is 1. The molecule has 0 aliphatic carbocycles. The summed E-state index contributed by atoms with van der Waals surface area (Å²) in [5, 5.41) is 7.13. The van der Waals surface area contributed by atoms with Gasteiger partial charge in [0.15, 0.2) is 5.82 Å². The maximum absolute atomic E-state index is 13.8. The standard InChI is InChI=1S/C19H18FN3O/c1-13-6-5-8-15(10-13)19(24)21-18-11-14(2)23(22-18)12-16-7-3-4-9-17(16)20/h3-11H,12H2,1-2H3,(H,21,22,24). The number of nitrogens with one attached hydrogen (secondary N) is 1. The minimum atomic E-state index is -0.266. The second-order valence-corrected chi connectivity index (χ2v) is 5.74. The zero-order chi connectivity index (χ0) is 17.1. The molecule has 1 amide bonds. The van der Waals surface area contributed by atoms with Crippen LogP contribution in [0.1, 0.15) is 27.2 Å². The summed E-state index contributed by atoms with van der Waals surface area (Å²) in [5.74, 6) is -0.0256. The number of anilines is 1. The highest BCUT2D eigenvalue weighted by molar-refractivity contribution is 6.03. The summed E-state index contributed by atoms with van der Waals surface area (Å²) in [6.45, 7) is 4.12. The third kappa shape index (κ3) is 3.51. The van der Waals surface area contributed by atoms with E-state index >= 15 is 0 Å². The molecule has 0 unspecified atom stereocenters. The first-order valence-corrected chi connectivity index (χ1v) is 7.69. The Labute approximate surface area is 139 Å². The predicted octanol–water partition coefficient (Wildman–Crippen LogP) is 3.94. The monoisotopic (exact) mass is 323 g/mol. The molecule has 4 nitrogen and oxygen atoms in total. The Morgan fingerprint density at radius 1 is 1.12 bits per heavy atom. The lowest BCUT2D eigenvalue weighted by atomic mass is 10.1. The molecule has 0 saturated carbocycles. The summed E-state index contributed by atoms with van der Waals surface area (Å²) in [6.07, 6.45) is 0. The van der Waals surface area contributed by atoms with Crippen LogP contribution < -0.4 is 5.32 Å². The lowest BCUT2D eigenvalue weighted by Gasteiger charge is -2.06. The third-order valence-electron chi connectivity index (χ3n) is 3.78. The molecule has 0 aliphatic heterocycles. The number of hydrogen-bond acceptors (Lipinski definition) is 2. The van der Waals surface area contributed by atoms with Gasteiger partial charge in [-0.15, -0.1) is 0 Å². The molecule has 1 heterocycles. The van der Waals surface area contributed by atoms with E-state index in [-0.39, 0.29) is 11.7 Å². The molecule has 24 heavy (non-hydrogen) atoms. The van der Waals surface area contributed by atoms with Crippen molar-refractivity contribution in [2.24, 2.45) is 0 Å². The Kier molecular flexibility index (Phi) is 4.42. The first kappa shape index (κ1) is 15.9. The largest absolute Gasteiger partial charge is 0.305 e. The molecule has 0 bridgehead atoms. The van der Waals surface area contributed by atoms with E-state index in [9.17, 15) is 9.18 Å². The van der Waals surface area contributed by atoms with Crippen LogP contribution in [-0.2, 0) is 6.54 Å². The third-order valence-corrected chi connectivity index (χ3v) is 3.78. The van der Waals surface area contributed by atoms with Gasteiger partial charge >= 0.3 is 0 Å². The van der Waals surface area contributed by atoms with Crippen molar-refractivity contribution in [2.75, 3.05) is 5.32 Å². The number of nitrogens with zero attached hydrogens (tertiary/aromatic N) is 2. The van der Waals surface area contributed by atoms with E-state index < -0.39 is 0 Å². The summed E-state index contributed by atoms with van der Waals surface area (Å²) in [6, 6.07) is 15.7. The molecule has 0 atom stereocenters. The zero-order valence-electron chi connectivity index (χ0n) is 13.6. The number of aryl methyl sites for hydroxylation is 2. The first-order chi connectivity index (χ1) is 11.5. The molecule has 5 heteroatoms. The van der Waals surface area contributed by atoms with Gasteiger partial charge in [-0.05, 0) is 32.0 Å². The number of amides is 1. The van der Waals surface area contributed by atoms with Crippen molar-refractivity contribution in [3.8, 4) is 0 Å². The van der Waals surface area contributed by atoms with E-state index in [4.69, 9.17) is 0 Å². The van der Waals surface area contributed by atoms with Crippen molar-refractivity contribution in [1.82, 2.24) is 9.78 Å². The van der Waals surface area contributed by atoms with Crippen LogP contribution in [0, 0.1) is 19.7 Å². The van der Waals surface area contributed by atoms with Crippen LogP contribution in [0.5, 0.6) is 0 Å². The van der Waals surface area contributed by atoms with Crippen LogP contribution in [0.3, 0.4) is 0 Å². The summed E-state index contributed by atoms with van der Waals surface area (Å²) in [5.41, 5.74) is 3.00. The summed E-state index contributed by atoms with van der Waals surface area (Å²) in [7, 11) is 0. The van der Waals surface area contributed by atoms with E-state index in [1.165, 1.54) is 6.07 Å². The van der Waals surface area contributed by atoms with Gasteiger partial charge in [-0.3, -0.25) is 9.48 Å². The van der Waals surface area contributed by atoms with Gasteiger partial charge in [0.1, 0.15) is 5.82 Å². The van der Waals surface area contributed by atoms with Gasteiger partial charge in [-0.2, -0.15) is 5.10 Å². The Balaban J connectivity index is 1.77. The molecule has 0 spiro atoms. The normalized spacial score (nSPS) is 10.6. The van der Waals surface area contributed by atoms with Crippen molar-refractivity contribution in [3.05, 3.63) is 82.8 Å². The topological polar surface area (TPSA) is 46.9 Å². The summed E-state index contributed by atoms with van der Waals surface area (Å²) >= 11 is 0. The van der Waals surface area contributed by atoms with E-state index in [1.54, 1.807) is 35.0 Å². The average molecular weight is 323 g/mol. The highest BCUT2D eigenvalue weighted by Gasteiger charge is 2.11. The minimum absolute atomic E-state index is 0.214. The van der Waals surface area contributed by atoms with Crippen LogP contribution in [0.4, 0.5) is 10.2 Å². The Bertz CT molecular complexity index is 886. The van der Waals surface area contributed by atoms with Crippen LogP contribution in [0.25, 0.3) is 0 Å². The van der Waals surface area contributed by atoms with E-state index in [0.29, 0.717) is 23.5 Å². The molecule has 0 saturated heterocycles. The fraction of sp³-hybridized carbons (Fsp3) is 0.158. The Hall–Kier alpha value is -2.95. The molecule has 0 fully saturated rings. The van der Waals surface area contributed by atoms with E-state index in [0.717, 1.165) is 11.3 Å². The maximum Gasteiger partial charge on any atom is 0.256 e. The van der Waals surface area contributed by atoms with Crippen LogP contribution >= 0.6 is 0 Å². The number of benzene rings is 2. The zero-order valence-corrected chi connectivity index (χ0v) is 13.6. The van der Waals surface area contributed by atoms with Crippen LogP contribution in [0.2, 0.25) is 0 Å². The van der Waals surface area contributed by atoms with Crippen molar-refractivity contribution >= 4 is 11.7 Å². The van der Waals surface area contributed by atoms with E-state index in [2.05, 4.69) is 10.4 Å². The first-order valence-electron chi connectivity index (χ1n) is 7.69. The minimum Gasteiger partial charge on any atom is -0.305 e. The van der Waals surface area contributed by atoms with Crippen molar-refractivity contribution in [3.63, 3.8) is 0 Å². The summed E-state index contributed by atoms with van der Waals surface area (Å²) < 4.78 is 15.4. The second-order valence-electron chi connectivity index (χ2n) is 5.74. The predicted molar refractivity (Wildman–Crippen MR) is 91.6 cm³/mol. The number of carbonyl (C=O) groups is 1. The lowest BCUT2D eigenvalue weighted by Crippen LogP contribution is -2.13. The van der Waals surface area contributed by atoms with Gasteiger partial charge in [0.2, 0.25) is 0 Å². The maximum atomic E-state index is 13.8. The molecule has 122 valence electrons. The molecule has 1 aromatic heterocycles. The van der Waals surface area contributed by atoms with Gasteiger partial charge < -0.3 is 5.32 Å². The van der Waals surface area contributed by atoms with Crippen molar-refractivity contribution < 1.29 is 9.18 Å². The molecular weight excluding hydrogens is 305 g/mol. The summed E-state index contributed by atoms with van der Waals surface area (Å²) in [4.78, 5) is 12.3. The Morgan fingerprint density at radius 2 is 1.92 bits per heavy atom. The fourth-order valence-electron chi connectivity index (χ4n) is 2.49. The molecule has 0 radical (unpaired) electrons. The molecule has 0 aliphatic rings. The van der Waals surface area contributed by atoms with Gasteiger partial charge in [0.05, 0.1) is 6.54 Å². The second kappa shape index (κ2) is 6.66. The lowest BCUT2D eigenvalue weighted by molar-refractivity contribution is 0.102. The fourth-order valence-corrected chi connectivity index (χ4v) is 2.49. The molecule has 3 rings (SSSR count). The number of hydrogen-bond donors (Lipinski definition) is 1. The van der Waals surface area contributed by atoms with Crippen molar-refractivity contribution in [2.45, 2.75) is 20.4 Å². The van der Waals surface area contributed by atoms with Gasteiger partial charge in [-0.1, -0.05) is 35.9 Å². The van der Waals surface area contributed by atoms with E-state index in [1.807, 2.05) is 32.0 Å². The number of aromatic nitrogens is 2. The van der Waals surface area contributed by atoms with Crippen LogP contribution in [0.15, 0.2) is 54.6 Å². The smallest absolute Gasteiger partial charge is 0.256 e. The van der Waals surface area contributed by atoms with Gasteiger partial charge in [0.25, 0.3) is 5.91 Å². The highest BCUT2D eigenvalue weighted by Crippen LogP contribution is 2.14. The van der Waals surface area contributed by atoms with Gasteiger partial charge in [0, 0.05) is 22.9 Å². The quantitative estimate of drug-likeness (QED) is 0.790.